The first kappa shape index (κ1) is 12.9. The molecule has 3 rings (SSSR count). The van der Waals surface area contributed by atoms with Crippen molar-refractivity contribution in [2.45, 2.75) is 24.1 Å². The first-order chi connectivity index (χ1) is 9.16. The van der Waals surface area contributed by atoms with Crippen LogP contribution >= 0.6 is 15.9 Å². The van der Waals surface area contributed by atoms with Crippen molar-refractivity contribution in [3.05, 3.63) is 71.0 Å². The van der Waals surface area contributed by atoms with E-state index in [0.29, 0.717) is 16.7 Å². The molecule has 0 saturated heterocycles. The molecular formula is C17H16BrF. The normalized spacial score (nSPS) is 23.1. The van der Waals surface area contributed by atoms with Crippen molar-refractivity contribution >= 4 is 15.9 Å². The minimum absolute atomic E-state index is 0.126. The zero-order chi connectivity index (χ0) is 13.4. The second-order valence-electron chi connectivity index (χ2n) is 5.33. The molecule has 2 aromatic rings. The highest BCUT2D eigenvalue weighted by Gasteiger charge is 2.43. The van der Waals surface area contributed by atoms with Gasteiger partial charge in [-0.1, -0.05) is 58.4 Å². The molecule has 0 aromatic heterocycles. The average Bonchev–Trinajstić information content (AvgIpc) is 3.22. The Labute approximate surface area is 121 Å². The average molecular weight is 319 g/mol. The van der Waals surface area contributed by atoms with Crippen LogP contribution in [0.1, 0.15) is 33.9 Å². The van der Waals surface area contributed by atoms with Crippen LogP contribution in [0.15, 0.2) is 48.5 Å². The van der Waals surface area contributed by atoms with Crippen molar-refractivity contribution in [2.75, 3.05) is 0 Å². The van der Waals surface area contributed by atoms with Gasteiger partial charge < -0.3 is 0 Å². The van der Waals surface area contributed by atoms with Crippen LogP contribution in [0.25, 0.3) is 0 Å². The lowest BCUT2D eigenvalue weighted by Crippen LogP contribution is -1.96. The number of rotatable bonds is 3. The molecule has 2 heteroatoms. The minimum Gasteiger partial charge on any atom is -0.207 e. The molecule has 1 aliphatic carbocycles. The molecule has 3 atom stereocenters. The van der Waals surface area contributed by atoms with Crippen molar-refractivity contribution in [1.82, 2.24) is 0 Å². The van der Waals surface area contributed by atoms with Crippen LogP contribution in [0, 0.1) is 18.7 Å². The van der Waals surface area contributed by atoms with E-state index >= 15 is 0 Å². The van der Waals surface area contributed by atoms with Gasteiger partial charge in [0.25, 0.3) is 0 Å². The third-order valence-corrected chi connectivity index (χ3v) is 5.15. The Kier molecular flexibility index (Phi) is 3.44. The van der Waals surface area contributed by atoms with Crippen molar-refractivity contribution in [3.63, 3.8) is 0 Å². The van der Waals surface area contributed by atoms with E-state index in [9.17, 15) is 4.39 Å². The summed E-state index contributed by atoms with van der Waals surface area (Å²) in [6.45, 7) is 1.82. The van der Waals surface area contributed by atoms with Crippen LogP contribution in [0.4, 0.5) is 4.39 Å². The Hall–Kier alpha value is -1.15. The highest BCUT2D eigenvalue weighted by atomic mass is 79.9. The molecule has 2 aromatic carbocycles. The van der Waals surface area contributed by atoms with Gasteiger partial charge in [-0.2, -0.15) is 0 Å². The van der Waals surface area contributed by atoms with E-state index in [1.54, 1.807) is 6.07 Å². The van der Waals surface area contributed by atoms with Gasteiger partial charge in [0.15, 0.2) is 0 Å². The number of benzene rings is 2. The third-order valence-electron chi connectivity index (χ3n) is 3.94. The van der Waals surface area contributed by atoms with Gasteiger partial charge in [0.2, 0.25) is 0 Å². The molecule has 0 N–H and O–H groups in total. The van der Waals surface area contributed by atoms with Gasteiger partial charge in [0.05, 0.1) is 0 Å². The highest BCUT2D eigenvalue weighted by Crippen LogP contribution is 2.57. The molecule has 1 aliphatic rings. The second-order valence-corrected chi connectivity index (χ2v) is 6.31. The fourth-order valence-corrected chi connectivity index (χ4v) is 3.58. The largest absolute Gasteiger partial charge is 0.207 e. The van der Waals surface area contributed by atoms with Crippen molar-refractivity contribution in [2.24, 2.45) is 5.92 Å². The molecule has 0 radical (unpaired) electrons. The molecule has 0 nitrogen and oxygen atoms in total. The summed E-state index contributed by atoms with van der Waals surface area (Å²) < 4.78 is 13.3. The Morgan fingerprint density at radius 3 is 2.58 bits per heavy atom. The van der Waals surface area contributed by atoms with Gasteiger partial charge in [0.1, 0.15) is 5.82 Å². The number of hydrogen-bond donors (Lipinski definition) is 0. The zero-order valence-corrected chi connectivity index (χ0v) is 12.4. The highest BCUT2D eigenvalue weighted by molar-refractivity contribution is 9.09. The molecule has 0 amide bonds. The molecule has 1 saturated carbocycles. The molecule has 0 spiro atoms. The fraction of sp³-hybridized carbons (Fsp3) is 0.294. The monoisotopic (exact) mass is 318 g/mol. The van der Waals surface area contributed by atoms with Gasteiger partial charge in [-0.15, -0.1) is 0 Å². The Morgan fingerprint density at radius 2 is 1.89 bits per heavy atom. The zero-order valence-electron chi connectivity index (χ0n) is 10.8. The smallest absolute Gasteiger partial charge is 0.126 e. The summed E-state index contributed by atoms with van der Waals surface area (Å²) in [6.07, 6.45) is 1.20. The van der Waals surface area contributed by atoms with Crippen molar-refractivity contribution in [1.29, 1.82) is 0 Å². The van der Waals surface area contributed by atoms with Crippen molar-refractivity contribution in [3.8, 4) is 0 Å². The number of alkyl halides is 1. The lowest BCUT2D eigenvalue weighted by molar-refractivity contribution is 0.616. The number of aryl methyl sites for hydroxylation is 1. The topological polar surface area (TPSA) is 0 Å². The predicted molar refractivity (Wildman–Crippen MR) is 80.1 cm³/mol. The lowest BCUT2D eigenvalue weighted by Gasteiger charge is -2.11. The second kappa shape index (κ2) is 5.09. The van der Waals surface area contributed by atoms with E-state index in [1.165, 1.54) is 17.5 Å². The summed E-state index contributed by atoms with van der Waals surface area (Å²) in [5.74, 6) is 1.13. The SMILES string of the molecule is Cc1cc(C(Br)C2CC2c2ccccc2)ccc1F. The molecule has 0 heterocycles. The van der Waals surface area contributed by atoms with E-state index < -0.39 is 0 Å². The summed E-state index contributed by atoms with van der Waals surface area (Å²) in [5.41, 5.74) is 3.32. The van der Waals surface area contributed by atoms with Gasteiger partial charge in [-0.05, 0) is 47.9 Å². The molecule has 0 aliphatic heterocycles. The molecule has 0 bridgehead atoms. The number of hydrogen-bond acceptors (Lipinski definition) is 0. The summed E-state index contributed by atoms with van der Waals surface area (Å²) in [6, 6.07) is 16.0. The van der Waals surface area contributed by atoms with E-state index in [2.05, 4.69) is 46.3 Å². The summed E-state index contributed by atoms with van der Waals surface area (Å²) in [5, 5.41) is 0. The maximum atomic E-state index is 13.3. The van der Waals surface area contributed by atoms with E-state index in [4.69, 9.17) is 0 Å². The Balaban J connectivity index is 1.76. The van der Waals surface area contributed by atoms with Crippen LogP contribution in [0.2, 0.25) is 0 Å². The van der Waals surface area contributed by atoms with Crippen LogP contribution in [-0.2, 0) is 0 Å². The van der Waals surface area contributed by atoms with Crippen LogP contribution in [-0.4, -0.2) is 0 Å². The Morgan fingerprint density at radius 1 is 1.16 bits per heavy atom. The Bertz CT molecular complexity index is 579. The summed E-state index contributed by atoms with van der Waals surface area (Å²) in [7, 11) is 0. The molecule has 3 unspecified atom stereocenters. The predicted octanol–water partition coefficient (Wildman–Crippen LogP) is 5.37. The first-order valence-corrected chi connectivity index (χ1v) is 7.53. The molecule has 98 valence electrons. The van der Waals surface area contributed by atoms with Gasteiger partial charge >= 0.3 is 0 Å². The third kappa shape index (κ3) is 2.59. The van der Waals surface area contributed by atoms with E-state index in [0.717, 1.165) is 5.56 Å². The van der Waals surface area contributed by atoms with Crippen LogP contribution in [0.5, 0.6) is 0 Å². The van der Waals surface area contributed by atoms with Gasteiger partial charge in [-0.25, -0.2) is 4.39 Å². The molecule has 19 heavy (non-hydrogen) atoms. The fourth-order valence-electron chi connectivity index (χ4n) is 2.71. The van der Waals surface area contributed by atoms with Crippen LogP contribution in [0.3, 0.4) is 0 Å². The van der Waals surface area contributed by atoms with E-state index in [-0.39, 0.29) is 5.82 Å². The maximum absolute atomic E-state index is 13.3. The lowest BCUT2D eigenvalue weighted by atomic mass is 10.0. The van der Waals surface area contributed by atoms with Gasteiger partial charge in [0, 0.05) is 4.83 Å². The molecular weight excluding hydrogens is 303 g/mol. The number of halogens is 2. The van der Waals surface area contributed by atoms with Crippen LogP contribution < -0.4 is 0 Å². The minimum atomic E-state index is -0.126. The molecule has 1 fully saturated rings. The van der Waals surface area contributed by atoms with Crippen molar-refractivity contribution < 1.29 is 4.39 Å². The quantitative estimate of drug-likeness (QED) is 0.667. The first-order valence-electron chi connectivity index (χ1n) is 6.62. The maximum Gasteiger partial charge on any atom is 0.126 e. The standard InChI is InChI=1S/C17H16BrF/c1-11-9-13(7-8-16(11)19)17(18)15-10-14(15)12-5-3-2-4-6-12/h2-9,14-15,17H,10H2,1H3. The van der Waals surface area contributed by atoms with Gasteiger partial charge in [-0.3, -0.25) is 0 Å². The summed E-state index contributed by atoms with van der Waals surface area (Å²) >= 11 is 3.79. The van der Waals surface area contributed by atoms with E-state index in [1.807, 2.05) is 19.1 Å². The summed E-state index contributed by atoms with van der Waals surface area (Å²) in [4.78, 5) is 0.317.